The van der Waals surface area contributed by atoms with Gasteiger partial charge in [0.1, 0.15) is 5.69 Å². The third kappa shape index (κ3) is 5.34. The zero-order chi connectivity index (χ0) is 22.5. The molecule has 1 atom stereocenters. The molecule has 1 saturated heterocycles. The molecule has 2 N–H and O–H groups in total. The summed E-state index contributed by atoms with van der Waals surface area (Å²) in [5.74, 6) is -0.0826. The maximum Gasteiger partial charge on any atom is 0.273 e. The number of benzene rings is 2. The molecule has 0 radical (unpaired) electrons. The molecule has 7 heteroatoms. The van der Waals surface area contributed by atoms with Crippen LogP contribution in [0, 0.1) is 12.8 Å². The number of likely N-dealkylation sites (tertiary alicyclic amines) is 1. The molecular weight excluding hydrogens is 420 g/mol. The second kappa shape index (κ2) is 9.96. The summed E-state index contributed by atoms with van der Waals surface area (Å²) in [4.78, 5) is 31.9. The van der Waals surface area contributed by atoms with Gasteiger partial charge in [-0.05, 0) is 44.4 Å². The fourth-order valence-corrected chi connectivity index (χ4v) is 4.56. The van der Waals surface area contributed by atoms with Crippen LogP contribution in [0.2, 0.25) is 0 Å². The largest absolute Gasteiger partial charge is 0.349 e. The van der Waals surface area contributed by atoms with Crippen molar-refractivity contribution in [3.63, 3.8) is 0 Å². The molecule has 166 valence electrons. The average molecular weight is 449 g/mol. The first-order valence-electron chi connectivity index (χ1n) is 10.9. The Morgan fingerprint density at radius 3 is 2.44 bits per heavy atom. The van der Waals surface area contributed by atoms with Crippen molar-refractivity contribution in [2.75, 3.05) is 18.4 Å². The summed E-state index contributed by atoms with van der Waals surface area (Å²) < 4.78 is 0. The molecule has 1 aliphatic heterocycles. The van der Waals surface area contributed by atoms with E-state index < -0.39 is 0 Å². The van der Waals surface area contributed by atoms with Crippen molar-refractivity contribution in [1.82, 2.24) is 15.2 Å². The fraction of sp³-hybridized carbons (Fsp3) is 0.320. The molecule has 1 fully saturated rings. The van der Waals surface area contributed by atoms with Crippen molar-refractivity contribution in [2.24, 2.45) is 5.92 Å². The van der Waals surface area contributed by atoms with Gasteiger partial charge in [-0.2, -0.15) is 0 Å². The van der Waals surface area contributed by atoms with E-state index in [4.69, 9.17) is 0 Å². The topological polar surface area (TPSA) is 74.3 Å². The van der Waals surface area contributed by atoms with Crippen LogP contribution >= 0.6 is 11.3 Å². The van der Waals surface area contributed by atoms with Crippen molar-refractivity contribution >= 4 is 34.0 Å². The number of rotatable bonds is 6. The van der Waals surface area contributed by atoms with Crippen LogP contribution in [0.25, 0.3) is 0 Å². The van der Waals surface area contributed by atoms with Gasteiger partial charge in [-0.25, -0.2) is 4.98 Å². The van der Waals surface area contributed by atoms with E-state index in [1.165, 1.54) is 16.9 Å². The third-order valence-electron chi connectivity index (χ3n) is 5.84. The highest BCUT2D eigenvalue weighted by Crippen LogP contribution is 2.24. The molecule has 0 bridgehead atoms. The van der Waals surface area contributed by atoms with Crippen LogP contribution in [0.1, 0.15) is 47.4 Å². The molecule has 2 amide bonds. The summed E-state index contributed by atoms with van der Waals surface area (Å²) >= 11 is 1.42. The minimum absolute atomic E-state index is 0.0298. The number of carbonyl (C=O) groups is 2. The summed E-state index contributed by atoms with van der Waals surface area (Å²) in [6.45, 7) is 5.17. The van der Waals surface area contributed by atoms with Crippen LogP contribution in [0.15, 0.2) is 60.0 Å². The molecule has 2 heterocycles. The quantitative estimate of drug-likeness (QED) is 0.561. The molecule has 1 aliphatic rings. The van der Waals surface area contributed by atoms with E-state index >= 15 is 0 Å². The maximum absolute atomic E-state index is 12.9. The molecule has 4 rings (SSSR count). The number of hydrogen-bond donors (Lipinski definition) is 2. The Balaban J connectivity index is 1.28. The third-order valence-corrected chi connectivity index (χ3v) is 6.60. The molecule has 1 aromatic heterocycles. The van der Waals surface area contributed by atoms with Crippen molar-refractivity contribution < 1.29 is 9.59 Å². The minimum Gasteiger partial charge on any atom is -0.349 e. The van der Waals surface area contributed by atoms with Crippen molar-refractivity contribution in [1.29, 1.82) is 0 Å². The molecule has 0 spiro atoms. The summed E-state index contributed by atoms with van der Waals surface area (Å²) in [7, 11) is 0. The van der Waals surface area contributed by atoms with Gasteiger partial charge in [-0.3, -0.25) is 9.59 Å². The number of thiazole rings is 1. The Bertz CT molecular complexity index is 1060. The van der Waals surface area contributed by atoms with Gasteiger partial charge in [0.2, 0.25) is 5.91 Å². The number of nitrogens with zero attached hydrogens (tertiary/aromatic N) is 2. The standard InChI is InChI=1S/C25H28N4O2S/c1-17-8-10-21(11-9-17)27-25-28-22(16-32-25)24(31)29-14-12-20(13-15-29)23(30)26-18(2)19-6-4-3-5-7-19/h3-11,16,18,20H,12-15H2,1-2H3,(H,26,30)(H,27,28)/t18-/m0/s1. The molecule has 0 saturated carbocycles. The summed E-state index contributed by atoms with van der Waals surface area (Å²) in [5.41, 5.74) is 3.68. The van der Waals surface area contributed by atoms with Crippen LogP contribution < -0.4 is 10.6 Å². The lowest BCUT2D eigenvalue weighted by molar-refractivity contribution is -0.127. The first-order chi connectivity index (χ1) is 15.5. The van der Waals surface area contributed by atoms with Gasteiger partial charge < -0.3 is 15.5 Å². The smallest absolute Gasteiger partial charge is 0.273 e. The van der Waals surface area contributed by atoms with E-state index in [1.807, 2.05) is 68.4 Å². The van der Waals surface area contributed by atoms with E-state index in [0.29, 0.717) is 36.8 Å². The SMILES string of the molecule is Cc1ccc(Nc2nc(C(=O)N3CCC(C(=O)N[C@@H](C)c4ccccc4)CC3)cs2)cc1. The fourth-order valence-electron chi connectivity index (χ4n) is 3.85. The van der Waals surface area contributed by atoms with E-state index in [0.717, 1.165) is 11.3 Å². The number of nitrogens with one attached hydrogen (secondary N) is 2. The zero-order valence-electron chi connectivity index (χ0n) is 18.4. The van der Waals surface area contributed by atoms with Gasteiger partial charge >= 0.3 is 0 Å². The van der Waals surface area contributed by atoms with Gasteiger partial charge in [0, 0.05) is 30.1 Å². The van der Waals surface area contributed by atoms with Crippen molar-refractivity contribution in [2.45, 2.75) is 32.7 Å². The zero-order valence-corrected chi connectivity index (χ0v) is 19.2. The highest BCUT2D eigenvalue weighted by Gasteiger charge is 2.29. The molecule has 6 nitrogen and oxygen atoms in total. The number of amides is 2. The Morgan fingerprint density at radius 2 is 1.75 bits per heavy atom. The van der Waals surface area contributed by atoms with Crippen LogP contribution in [0.4, 0.5) is 10.8 Å². The Hall–Kier alpha value is -3.19. The van der Waals surface area contributed by atoms with Gasteiger partial charge in [-0.15, -0.1) is 11.3 Å². The highest BCUT2D eigenvalue weighted by atomic mass is 32.1. The lowest BCUT2D eigenvalue weighted by Crippen LogP contribution is -2.43. The highest BCUT2D eigenvalue weighted by molar-refractivity contribution is 7.14. The lowest BCUT2D eigenvalue weighted by atomic mass is 9.95. The number of anilines is 2. The molecular formula is C25H28N4O2S. The van der Waals surface area contributed by atoms with Gasteiger partial charge in [0.05, 0.1) is 6.04 Å². The van der Waals surface area contributed by atoms with Crippen LogP contribution in [0.5, 0.6) is 0 Å². The normalized spacial score (nSPS) is 15.2. The maximum atomic E-state index is 12.9. The van der Waals surface area contributed by atoms with Gasteiger partial charge in [-0.1, -0.05) is 48.0 Å². The van der Waals surface area contributed by atoms with E-state index in [1.54, 1.807) is 10.3 Å². The predicted octanol–water partition coefficient (Wildman–Crippen LogP) is 4.92. The summed E-state index contributed by atoms with van der Waals surface area (Å²) in [6, 6.07) is 18.0. The first kappa shape index (κ1) is 22.0. The monoisotopic (exact) mass is 448 g/mol. The van der Waals surface area contributed by atoms with Crippen LogP contribution in [-0.4, -0.2) is 34.8 Å². The molecule has 0 unspecified atom stereocenters. The number of aryl methyl sites for hydroxylation is 1. The van der Waals surface area contributed by atoms with Crippen LogP contribution in [-0.2, 0) is 4.79 Å². The minimum atomic E-state index is -0.0743. The first-order valence-corrected chi connectivity index (χ1v) is 11.8. The van der Waals surface area contributed by atoms with E-state index in [2.05, 4.69) is 15.6 Å². The molecule has 3 aromatic rings. The second-order valence-corrected chi connectivity index (χ2v) is 9.09. The van der Waals surface area contributed by atoms with Crippen LogP contribution in [0.3, 0.4) is 0 Å². The molecule has 2 aromatic carbocycles. The number of piperidine rings is 1. The second-order valence-electron chi connectivity index (χ2n) is 8.24. The van der Waals surface area contributed by atoms with Crippen molar-refractivity contribution in [3.8, 4) is 0 Å². The average Bonchev–Trinajstić information content (AvgIpc) is 3.29. The Labute approximate surface area is 192 Å². The summed E-state index contributed by atoms with van der Waals surface area (Å²) in [6.07, 6.45) is 1.33. The predicted molar refractivity (Wildman–Crippen MR) is 128 cm³/mol. The Morgan fingerprint density at radius 1 is 1.06 bits per heavy atom. The number of aromatic nitrogens is 1. The molecule has 0 aliphatic carbocycles. The van der Waals surface area contributed by atoms with Gasteiger partial charge in [0.15, 0.2) is 5.13 Å². The Kier molecular flexibility index (Phi) is 6.85. The van der Waals surface area contributed by atoms with E-state index in [-0.39, 0.29) is 23.8 Å². The molecule has 32 heavy (non-hydrogen) atoms. The van der Waals surface area contributed by atoms with E-state index in [9.17, 15) is 9.59 Å². The van der Waals surface area contributed by atoms with Crippen molar-refractivity contribution in [3.05, 3.63) is 76.8 Å². The number of carbonyl (C=O) groups excluding carboxylic acids is 2. The van der Waals surface area contributed by atoms with Gasteiger partial charge in [0.25, 0.3) is 5.91 Å². The lowest BCUT2D eigenvalue weighted by Gasteiger charge is -2.31. The summed E-state index contributed by atoms with van der Waals surface area (Å²) in [5, 5.41) is 8.84. The number of hydrogen-bond acceptors (Lipinski definition) is 5.